The maximum Gasteiger partial charge on any atom is 0.264 e. The van der Waals surface area contributed by atoms with Crippen molar-refractivity contribution in [2.75, 3.05) is 13.1 Å². The minimum Gasteiger partial charge on any atom is -0.345 e. The predicted molar refractivity (Wildman–Crippen MR) is 178 cm³/mol. The van der Waals surface area contributed by atoms with Crippen molar-refractivity contribution in [2.45, 2.75) is 70.3 Å². The zero-order valence-electron chi connectivity index (χ0n) is 27.2. The second-order valence-corrected chi connectivity index (χ2v) is 12.9. The lowest BCUT2D eigenvalue weighted by molar-refractivity contribution is 0.0887. The highest BCUT2D eigenvalue weighted by atomic mass is 19.3. The summed E-state index contributed by atoms with van der Waals surface area (Å²) in [6, 6.07) is 11.6. The maximum absolute atomic E-state index is 15.4. The molecule has 3 N–H and O–H groups in total. The molecule has 0 radical (unpaired) electrons. The quantitative estimate of drug-likeness (QED) is 0.194. The summed E-state index contributed by atoms with van der Waals surface area (Å²) in [6.07, 6.45) is -1.07. The minimum absolute atomic E-state index is 0.0321. The molecular weight excluding hydrogens is 638 g/mol. The highest BCUT2D eigenvalue weighted by Crippen LogP contribution is 2.33. The van der Waals surface area contributed by atoms with E-state index in [-0.39, 0.29) is 29.7 Å². The van der Waals surface area contributed by atoms with E-state index >= 15 is 4.39 Å². The number of alkyl halides is 3. The summed E-state index contributed by atoms with van der Waals surface area (Å²) in [5.74, 6) is -1.45. The first kappa shape index (κ1) is 32.8. The number of halogens is 4. The smallest absolute Gasteiger partial charge is 0.264 e. The van der Waals surface area contributed by atoms with E-state index in [4.69, 9.17) is 9.97 Å². The Morgan fingerprint density at radius 2 is 1.92 bits per heavy atom. The van der Waals surface area contributed by atoms with Crippen LogP contribution in [0.1, 0.15) is 82.6 Å². The van der Waals surface area contributed by atoms with Crippen LogP contribution in [0, 0.1) is 5.82 Å². The molecule has 49 heavy (non-hydrogen) atoms. The Bertz CT molecular complexity index is 2070. The Labute approximate surface area is 280 Å². The van der Waals surface area contributed by atoms with Crippen LogP contribution in [0.5, 0.6) is 0 Å². The number of imidazole rings is 1. The van der Waals surface area contributed by atoms with Gasteiger partial charge in [0.15, 0.2) is 5.82 Å². The molecule has 256 valence electrons. The van der Waals surface area contributed by atoms with Crippen LogP contribution in [0.25, 0.3) is 33.6 Å². The van der Waals surface area contributed by atoms with Gasteiger partial charge in [-0.3, -0.25) is 9.59 Å². The number of piperidine rings is 1. The van der Waals surface area contributed by atoms with Crippen molar-refractivity contribution in [2.24, 2.45) is 7.05 Å². The highest BCUT2D eigenvalue weighted by Gasteiger charge is 2.29. The lowest BCUT2D eigenvalue weighted by Crippen LogP contribution is -2.52. The van der Waals surface area contributed by atoms with E-state index in [9.17, 15) is 22.8 Å². The van der Waals surface area contributed by atoms with Gasteiger partial charge in [0.25, 0.3) is 18.2 Å². The monoisotopic (exact) mass is 675 g/mol. The third-order valence-corrected chi connectivity index (χ3v) is 9.69. The molecule has 2 aliphatic rings. The van der Waals surface area contributed by atoms with Crippen molar-refractivity contribution < 1.29 is 27.2 Å². The van der Waals surface area contributed by atoms with Gasteiger partial charge in [-0.2, -0.15) is 0 Å². The summed E-state index contributed by atoms with van der Waals surface area (Å²) in [5.41, 5.74) is 3.00. The molecule has 3 aromatic heterocycles. The Hall–Kier alpha value is -4.78. The minimum atomic E-state index is -2.78. The molecule has 1 fully saturated rings. The molecule has 5 heterocycles. The maximum atomic E-state index is 15.4. The second kappa shape index (κ2) is 13.3. The number of amides is 2. The lowest BCUT2D eigenvalue weighted by Gasteiger charge is -2.27. The second-order valence-electron chi connectivity index (χ2n) is 12.9. The summed E-state index contributed by atoms with van der Waals surface area (Å²) in [6.45, 7) is 3.13. The van der Waals surface area contributed by atoms with Gasteiger partial charge in [0.2, 0.25) is 0 Å². The van der Waals surface area contributed by atoms with Crippen LogP contribution in [0.3, 0.4) is 0 Å². The van der Waals surface area contributed by atoms with Crippen molar-refractivity contribution in [3.8, 4) is 11.5 Å². The third-order valence-electron chi connectivity index (χ3n) is 9.69. The van der Waals surface area contributed by atoms with Gasteiger partial charge in [-0.15, -0.1) is 0 Å². The number of carbonyl (C=O) groups excluding carboxylic acids is 2. The van der Waals surface area contributed by atoms with Gasteiger partial charge in [-0.1, -0.05) is 24.6 Å². The first-order valence-corrected chi connectivity index (χ1v) is 16.6. The fraction of sp³-hybridized carbons (Fsp3) is 0.389. The standard InChI is InChI=1S/C36H37F4N7O2/c1-19-26-11-10-21-15-30(34-44-27-16-23(25(38)17-29(27)46(34)2)35(48)45-28-18-41-13-12-24(28)37)47(33(21)43-26)14-5-3-4-7-20-8-6-9-22(32(39)40)31(20)36(49)42-19/h6,8-11,15-17,19,24,28,32,41H,3-5,7,12-14,18H2,1-2H3,(H,42,49)(H,45,48)/t19-,24+,28+/m1/s1. The average Bonchev–Trinajstić information content (AvgIpc) is 3.60. The number of pyridine rings is 1. The highest BCUT2D eigenvalue weighted by molar-refractivity contribution is 5.99. The molecule has 9 nitrogen and oxygen atoms in total. The fourth-order valence-corrected chi connectivity index (χ4v) is 7.02. The van der Waals surface area contributed by atoms with E-state index in [2.05, 4.69) is 20.5 Å². The van der Waals surface area contributed by atoms with Gasteiger partial charge in [-0.05, 0) is 69.0 Å². The molecule has 2 bridgehead atoms. The van der Waals surface area contributed by atoms with E-state index < -0.39 is 42.3 Å². The molecule has 3 atom stereocenters. The number of rotatable bonds is 4. The van der Waals surface area contributed by atoms with Crippen molar-refractivity contribution >= 4 is 33.9 Å². The normalized spacial score (nSPS) is 20.4. The van der Waals surface area contributed by atoms with Gasteiger partial charge in [0, 0.05) is 37.2 Å². The molecule has 2 amide bonds. The van der Waals surface area contributed by atoms with Crippen molar-refractivity contribution in [1.82, 2.24) is 35.1 Å². The summed E-state index contributed by atoms with van der Waals surface area (Å²) >= 11 is 0. The molecule has 13 heteroatoms. The zero-order valence-corrected chi connectivity index (χ0v) is 27.2. The zero-order chi connectivity index (χ0) is 34.4. The Balaban J connectivity index is 1.25. The van der Waals surface area contributed by atoms with E-state index in [0.717, 1.165) is 23.9 Å². The first-order chi connectivity index (χ1) is 23.6. The Kier molecular flexibility index (Phi) is 8.86. The number of nitrogens with zero attached hydrogens (tertiary/aromatic N) is 4. The number of fused-ring (bicyclic) bond motifs is 3. The summed E-state index contributed by atoms with van der Waals surface area (Å²) in [7, 11) is 1.78. The SMILES string of the molecule is C[C@H]1NC(=O)c2c(cccc2C(F)F)CCCCCn2c(-c3nc4cc(C(=O)N[C@H]5CNCC[C@@H]5F)c(F)cc4n3C)cc3ccc1nc32. The molecular formula is C36H37F4N7O2. The van der Waals surface area contributed by atoms with Crippen LogP contribution in [-0.4, -0.2) is 56.2 Å². The molecule has 7 rings (SSSR count). The van der Waals surface area contributed by atoms with Gasteiger partial charge in [0.05, 0.1) is 45.6 Å². The van der Waals surface area contributed by atoms with Gasteiger partial charge < -0.3 is 25.1 Å². The molecule has 0 saturated carbocycles. The van der Waals surface area contributed by atoms with E-state index in [1.165, 1.54) is 18.2 Å². The number of benzene rings is 2. The van der Waals surface area contributed by atoms with Crippen LogP contribution < -0.4 is 16.0 Å². The largest absolute Gasteiger partial charge is 0.345 e. The van der Waals surface area contributed by atoms with Crippen molar-refractivity contribution in [3.63, 3.8) is 0 Å². The predicted octanol–water partition coefficient (Wildman–Crippen LogP) is 6.31. The Morgan fingerprint density at radius 3 is 2.71 bits per heavy atom. The van der Waals surface area contributed by atoms with E-state index in [1.807, 2.05) is 12.1 Å². The summed E-state index contributed by atoms with van der Waals surface area (Å²) in [5, 5.41) is 9.39. The van der Waals surface area contributed by atoms with Gasteiger partial charge >= 0.3 is 0 Å². The number of nitrogens with one attached hydrogen (secondary N) is 3. The molecule has 0 unspecified atom stereocenters. The van der Waals surface area contributed by atoms with Crippen LogP contribution in [-0.2, 0) is 20.0 Å². The van der Waals surface area contributed by atoms with Crippen molar-refractivity contribution in [3.05, 3.63) is 82.3 Å². The van der Waals surface area contributed by atoms with Crippen LogP contribution in [0.2, 0.25) is 0 Å². The van der Waals surface area contributed by atoms with Crippen molar-refractivity contribution in [1.29, 1.82) is 0 Å². The Morgan fingerprint density at radius 1 is 1.08 bits per heavy atom. The molecule has 1 saturated heterocycles. The topological polar surface area (TPSA) is 106 Å². The number of aryl methyl sites for hydroxylation is 3. The third kappa shape index (κ3) is 6.16. The lowest BCUT2D eigenvalue weighted by atomic mass is 9.95. The van der Waals surface area contributed by atoms with Crippen LogP contribution in [0.4, 0.5) is 17.6 Å². The summed E-state index contributed by atoms with van der Waals surface area (Å²) < 4.78 is 61.5. The van der Waals surface area contributed by atoms with E-state index in [1.54, 1.807) is 36.7 Å². The molecule has 0 aliphatic carbocycles. The van der Waals surface area contributed by atoms with Crippen LogP contribution >= 0.6 is 0 Å². The number of carbonyl (C=O) groups is 2. The van der Waals surface area contributed by atoms with Gasteiger partial charge in [-0.25, -0.2) is 27.5 Å². The van der Waals surface area contributed by atoms with E-state index in [0.29, 0.717) is 59.7 Å². The summed E-state index contributed by atoms with van der Waals surface area (Å²) in [4.78, 5) is 36.3. The molecule has 5 aromatic rings. The molecule has 2 aromatic carbocycles. The molecule has 0 spiro atoms. The molecule has 2 aliphatic heterocycles. The van der Waals surface area contributed by atoms with Crippen LogP contribution in [0.15, 0.2) is 48.5 Å². The van der Waals surface area contributed by atoms with Gasteiger partial charge in [0.1, 0.15) is 17.6 Å². The number of hydrogen-bond donors (Lipinski definition) is 3. The average molecular weight is 676 g/mol. The fourth-order valence-electron chi connectivity index (χ4n) is 7.02. The number of aromatic nitrogens is 4. The first-order valence-electron chi connectivity index (χ1n) is 16.6. The number of hydrogen-bond acceptors (Lipinski definition) is 5.